The fourth-order valence-corrected chi connectivity index (χ4v) is 2.94. The molecule has 2 heterocycles. The van der Waals surface area contributed by atoms with Gasteiger partial charge in [-0.1, -0.05) is 30.3 Å². The highest BCUT2D eigenvalue weighted by Crippen LogP contribution is 2.21. The second-order valence-corrected chi connectivity index (χ2v) is 5.86. The first-order valence-corrected chi connectivity index (χ1v) is 7.71. The van der Waals surface area contributed by atoms with Gasteiger partial charge in [-0.15, -0.1) is 0 Å². The number of nitrogens with zero attached hydrogens (tertiary/aromatic N) is 2. The Balaban J connectivity index is 2.01. The van der Waals surface area contributed by atoms with Crippen LogP contribution in [0, 0.1) is 6.92 Å². The molecule has 5 nitrogen and oxygen atoms in total. The minimum Gasteiger partial charge on any atom is -0.315 e. The summed E-state index contributed by atoms with van der Waals surface area (Å²) >= 11 is 0. The van der Waals surface area contributed by atoms with Gasteiger partial charge in [-0.25, -0.2) is 4.98 Å². The van der Waals surface area contributed by atoms with Crippen LogP contribution in [0.4, 0.5) is 0 Å². The van der Waals surface area contributed by atoms with Crippen molar-refractivity contribution in [2.45, 2.75) is 25.4 Å². The van der Waals surface area contributed by atoms with Crippen molar-refractivity contribution in [2.75, 3.05) is 13.1 Å². The van der Waals surface area contributed by atoms with E-state index in [2.05, 4.69) is 27.8 Å². The van der Waals surface area contributed by atoms with Gasteiger partial charge in [-0.3, -0.25) is 14.7 Å². The van der Waals surface area contributed by atoms with Gasteiger partial charge in [0.15, 0.2) is 0 Å². The number of aryl methyl sites for hydroxylation is 1. The lowest BCUT2D eigenvalue weighted by molar-refractivity contribution is 0.467. The first-order valence-electron chi connectivity index (χ1n) is 7.71. The van der Waals surface area contributed by atoms with Crippen molar-refractivity contribution in [2.24, 2.45) is 7.05 Å². The maximum Gasteiger partial charge on any atom is 0.256 e. The third-order valence-corrected chi connectivity index (χ3v) is 4.23. The molecule has 1 aromatic heterocycles. The Morgan fingerprint density at radius 3 is 2.82 bits per heavy atom. The van der Waals surface area contributed by atoms with Gasteiger partial charge in [0, 0.05) is 31.4 Å². The lowest BCUT2D eigenvalue weighted by Crippen LogP contribution is -2.38. The summed E-state index contributed by atoms with van der Waals surface area (Å²) in [5, 5.41) is 7.02. The maximum absolute atomic E-state index is 12.2. The Morgan fingerprint density at radius 1 is 1.36 bits per heavy atom. The van der Waals surface area contributed by atoms with Gasteiger partial charge >= 0.3 is 0 Å². The summed E-state index contributed by atoms with van der Waals surface area (Å²) in [5.41, 5.74) is 1.80. The molecule has 22 heavy (non-hydrogen) atoms. The number of aromatic nitrogens is 2. The lowest BCUT2D eigenvalue weighted by atomic mass is 10.0. The molecular weight excluding hydrogens is 276 g/mol. The fourth-order valence-electron chi connectivity index (χ4n) is 2.94. The molecule has 2 N–H and O–H groups in total. The molecule has 0 bridgehead atoms. The summed E-state index contributed by atoms with van der Waals surface area (Å²) in [7, 11) is 1.79. The van der Waals surface area contributed by atoms with Gasteiger partial charge in [0.05, 0.1) is 6.04 Å². The summed E-state index contributed by atoms with van der Waals surface area (Å²) in [6.45, 7) is 3.77. The van der Waals surface area contributed by atoms with Crippen LogP contribution in [0.25, 0.3) is 0 Å². The molecule has 0 saturated carbocycles. The average molecular weight is 298 g/mol. The van der Waals surface area contributed by atoms with E-state index in [1.54, 1.807) is 24.7 Å². The Hall–Kier alpha value is -1.98. The molecule has 0 spiro atoms. The SMILES string of the molecule is Cc1cnc([C@@H](NC2CCNC2)c2ccccc2)n(C)c1=O. The minimum absolute atomic E-state index is 0.0114. The van der Waals surface area contributed by atoms with E-state index in [-0.39, 0.29) is 11.6 Å². The predicted octanol–water partition coefficient (Wildman–Crippen LogP) is 1.13. The zero-order valence-corrected chi connectivity index (χ0v) is 13.0. The number of nitrogens with one attached hydrogen (secondary N) is 2. The van der Waals surface area contributed by atoms with Crippen LogP contribution in [-0.4, -0.2) is 28.7 Å². The summed E-state index contributed by atoms with van der Waals surface area (Å²) < 4.78 is 1.66. The first kappa shape index (κ1) is 14.9. The maximum atomic E-state index is 12.2. The number of rotatable bonds is 4. The van der Waals surface area contributed by atoms with E-state index in [9.17, 15) is 4.79 Å². The van der Waals surface area contributed by atoms with Crippen LogP contribution in [0.3, 0.4) is 0 Å². The van der Waals surface area contributed by atoms with Crippen LogP contribution < -0.4 is 16.2 Å². The summed E-state index contributed by atoms with van der Waals surface area (Å²) in [4.78, 5) is 16.8. The van der Waals surface area contributed by atoms with Crippen LogP contribution >= 0.6 is 0 Å². The molecule has 1 aliphatic rings. The van der Waals surface area contributed by atoms with E-state index in [1.807, 2.05) is 18.2 Å². The molecule has 2 atom stereocenters. The quantitative estimate of drug-likeness (QED) is 0.888. The zero-order chi connectivity index (χ0) is 15.5. The molecule has 1 aliphatic heterocycles. The van der Waals surface area contributed by atoms with Gasteiger partial charge < -0.3 is 5.32 Å². The standard InChI is InChI=1S/C17H22N4O/c1-12-10-19-16(21(2)17(12)22)15(13-6-4-3-5-7-13)20-14-8-9-18-11-14/h3-7,10,14-15,18,20H,8-9,11H2,1-2H3/t14?,15-/m0/s1. The lowest BCUT2D eigenvalue weighted by Gasteiger charge is -2.24. The van der Waals surface area contributed by atoms with Crippen molar-refractivity contribution in [3.63, 3.8) is 0 Å². The number of hydrogen-bond acceptors (Lipinski definition) is 4. The Morgan fingerprint density at radius 2 is 2.14 bits per heavy atom. The van der Waals surface area contributed by atoms with Crippen LogP contribution in [0.5, 0.6) is 0 Å². The molecule has 116 valence electrons. The van der Waals surface area contributed by atoms with Crippen LogP contribution in [0.15, 0.2) is 41.3 Å². The van der Waals surface area contributed by atoms with Crippen molar-refractivity contribution in [3.8, 4) is 0 Å². The molecule has 0 amide bonds. The van der Waals surface area contributed by atoms with Crippen LogP contribution in [0.1, 0.15) is 29.4 Å². The monoisotopic (exact) mass is 298 g/mol. The molecule has 2 aromatic rings. The molecule has 1 unspecified atom stereocenters. The van der Waals surface area contributed by atoms with Crippen molar-refractivity contribution < 1.29 is 0 Å². The Labute approximate surface area is 130 Å². The second kappa shape index (κ2) is 6.42. The van der Waals surface area contributed by atoms with E-state index >= 15 is 0 Å². The van der Waals surface area contributed by atoms with Crippen molar-refractivity contribution in [3.05, 3.63) is 63.8 Å². The third-order valence-electron chi connectivity index (χ3n) is 4.23. The van der Waals surface area contributed by atoms with Gasteiger partial charge in [-0.2, -0.15) is 0 Å². The summed E-state index contributed by atoms with van der Waals surface area (Å²) in [5.74, 6) is 0.758. The Kier molecular flexibility index (Phi) is 4.36. The largest absolute Gasteiger partial charge is 0.315 e. The summed E-state index contributed by atoms with van der Waals surface area (Å²) in [6, 6.07) is 10.5. The van der Waals surface area contributed by atoms with Gasteiger partial charge in [0.1, 0.15) is 5.82 Å². The summed E-state index contributed by atoms with van der Waals surface area (Å²) in [6.07, 6.45) is 2.76. The fraction of sp³-hybridized carbons (Fsp3) is 0.412. The van der Waals surface area contributed by atoms with E-state index in [4.69, 9.17) is 0 Å². The van der Waals surface area contributed by atoms with Gasteiger partial charge in [-0.05, 0) is 25.5 Å². The number of benzene rings is 1. The van der Waals surface area contributed by atoms with E-state index in [1.165, 1.54) is 0 Å². The molecule has 1 aromatic carbocycles. The molecule has 5 heteroatoms. The van der Waals surface area contributed by atoms with Crippen molar-refractivity contribution >= 4 is 0 Å². The van der Waals surface area contributed by atoms with Gasteiger partial charge in [0.25, 0.3) is 5.56 Å². The van der Waals surface area contributed by atoms with E-state index in [0.29, 0.717) is 11.6 Å². The highest BCUT2D eigenvalue weighted by Gasteiger charge is 2.24. The zero-order valence-electron chi connectivity index (χ0n) is 13.0. The van der Waals surface area contributed by atoms with Crippen LogP contribution in [0.2, 0.25) is 0 Å². The first-order chi connectivity index (χ1) is 10.7. The smallest absolute Gasteiger partial charge is 0.256 e. The average Bonchev–Trinajstić information content (AvgIpc) is 3.05. The number of hydrogen-bond donors (Lipinski definition) is 2. The molecule has 3 rings (SSSR count). The molecular formula is C17H22N4O. The predicted molar refractivity (Wildman–Crippen MR) is 86.9 cm³/mol. The van der Waals surface area contributed by atoms with Crippen molar-refractivity contribution in [1.82, 2.24) is 20.2 Å². The van der Waals surface area contributed by atoms with E-state index in [0.717, 1.165) is 30.9 Å². The normalized spacial score (nSPS) is 19.3. The van der Waals surface area contributed by atoms with Crippen LogP contribution in [-0.2, 0) is 7.05 Å². The second-order valence-electron chi connectivity index (χ2n) is 5.86. The molecule has 1 fully saturated rings. The van der Waals surface area contributed by atoms with Crippen molar-refractivity contribution in [1.29, 1.82) is 0 Å². The van der Waals surface area contributed by atoms with Gasteiger partial charge in [0.2, 0.25) is 0 Å². The highest BCUT2D eigenvalue weighted by molar-refractivity contribution is 5.26. The third kappa shape index (κ3) is 2.96. The topological polar surface area (TPSA) is 59.0 Å². The Bertz CT molecular complexity index is 690. The minimum atomic E-state index is -0.0793. The highest BCUT2D eigenvalue weighted by atomic mass is 16.1. The molecule has 0 aliphatic carbocycles. The molecule has 0 radical (unpaired) electrons. The molecule has 1 saturated heterocycles. The van der Waals surface area contributed by atoms with E-state index < -0.39 is 0 Å².